The highest BCUT2D eigenvalue weighted by atomic mass is 32.1. The number of esters is 1. The monoisotopic (exact) mass is 320 g/mol. The Kier molecular flexibility index (Phi) is 5.49. The van der Waals surface area contributed by atoms with Crippen LogP contribution in [0.25, 0.3) is 0 Å². The second-order valence-corrected chi connectivity index (χ2v) is 5.52. The number of thiol groups is 1. The number of aromatic nitrogens is 2. The lowest BCUT2D eigenvalue weighted by Gasteiger charge is -2.15. The van der Waals surface area contributed by atoms with Gasteiger partial charge in [-0.3, -0.25) is 0 Å². The van der Waals surface area contributed by atoms with Gasteiger partial charge in [0.05, 0.1) is 11.7 Å². The Hall–Kier alpha value is -1.95. The maximum Gasteiger partial charge on any atom is 0.338 e. The van der Waals surface area contributed by atoms with E-state index >= 15 is 0 Å². The SMILES string of the molecule is CCc1cccc(C(=O)OC(C)C)c1COc1ccn(S)n1. The van der Waals surface area contributed by atoms with Crippen molar-refractivity contribution in [2.45, 2.75) is 39.9 Å². The lowest BCUT2D eigenvalue weighted by atomic mass is 10.00. The molecule has 5 nitrogen and oxygen atoms in total. The van der Waals surface area contributed by atoms with Crippen LogP contribution in [0, 0.1) is 0 Å². The molecular formula is C16H20N2O3S. The highest BCUT2D eigenvalue weighted by molar-refractivity contribution is 7.78. The smallest absolute Gasteiger partial charge is 0.338 e. The molecule has 0 aliphatic rings. The van der Waals surface area contributed by atoms with Crippen LogP contribution in [0.15, 0.2) is 30.5 Å². The summed E-state index contributed by atoms with van der Waals surface area (Å²) in [6, 6.07) is 7.33. The molecule has 0 saturated heterocycles. The molecular weight excluding hydrogens is 300 g/mol. The molecule has 0 radical (unpaired) electrons. The van der Waals surface area contributed by atoms with Crippen LogP contribution in [0.1, 0.15) is 42.3 Å². The number of carbonyl (C=O) groups excluding carboxylic acids is 1. The van der Waals surface area contributed by atoms with Crippen LogP contribution in [0.2, 0.25) is 0 Å². The van der Waals surface area contributed by atoms with Gasteiger partial charge in [-0.1, -0.05) is 19.1 Å². The van der Waals surface area contributed by atoms with E-state index in [1.165, 1.54) is 4.09 Å². The fourth-order valence-electron chi connectivity index (χ4n) is 2.13. The third-order valence-corrected chi connectivity index (χ3v) is 3.36. The fraction of sp³-hybridized carbons (Fsp3) is 0.375. The number of hydrogen-bond donors (Lipinski definition) is 1. The normalized spacial score (nSPS) is 10.8. The molecule has 0 saturated carbocycles. The first-order valence-electron chi connectivity index (χ1n) is 7.20. The average molecular weight is 320 g/mol. The molecule has 2 rings (SSSR count). The maximum absolute atomic E-state index is 12.2. The molecule has 0 unspecified atom stereocenters. The Morgan fingerprint density at radius 3 is 2.73 bits per heavy atom. The minimum absolute atomic E-state index is 0.161. The van der Waals surface area contributed by atoms with Crippen LogP contribution < -0.4 is 4.74 Å². The maximum atomic E-state index is 12.2. The zero-order chi connectivity index (χ0) is 16.1. The highest BCUT2D eigenvalue weighted by Crippen LogP contribution is 2.20. The number of benzene rings is 1. The molecule has 0 N–H and O–H groups in total. The van der Waals surface area contributed by atoms with Gasteiger partial charge in [0, 0.05) is 17.8 Å². The Bertz CT molecular complexity index is 653. The summed E-state index contributed by atoms with van der Waals surface area (Å²) in [6.07, 6.45) is 2.33. The van der Waals surface area contributed by atoms with Gasteiger partial charge in [0.25, 0.3) is 0 Å². The molecule has 6 heteroatoms. The second kappa shape index (κ2) is 7.35. The van der Waals surface area contributed by atoms with Crippen LogP contribution in [0.4, 0.5) is 0 Å². The van der Waals surface area contributed by atoms with Gasteiger partial charge in [0.2, 0.25) is 5.88 Å². The van der Waals surface area contributed by atoms with E-state index in [-0.39, 0.29) is 18.7 Å². The summed E-state index contributed by atoms with van der Waals surface area (Å²) in [4.78, 5) is 12.2. The van der Waals surface area contributed by atoms with Crippen molar-refractivity contribution in [3.63, 3.8) is 0 Å². The summed E-state index contributed by atoms with van der Waals surface area (Å²) >= 11 is 4.07. The van der Waals surface area contributed by atoms with Crippen molar-refractivity contribution in [3.05, 3.63) is 47.2 Å². The molecule has 0 bridgehead atoms. The van der Waals surface area contributed by atoms with Crippen LogP contribution in [0.3, 0.4) is 0 Å². The molecule has 118 valence electrons. The molecule has 1 aromatic heterocycles. The van der Waals surface area contributed by atoms with Gasteiger partial charge < -0.3 is 9.47 Å². The highest BCUT2D eigenvalue weighted by Gasteiger charge is 2.17. The first-order valence-corrected chi connectivity index (χ1v) is 7.60. The molecule has 22 heavy (non-hydrogen) atoms. The van der Waals surface area contributed by atoms with Gasteiger partial charge in [-0.15, -0.1) is 5.10 Å². The minimum atomic E-state index is -0.330. The van der Waals surface area contributed by atoms with Crippen molar-refractivity contribution in [3.8, 4) is 5.88 Å². The van der Waals surface area contributed by atoms with E-state index in [0.717, 1.165) is 17.5 Å². The van der Waals surface area contributed by atoms with E-state index in [1.807, 2.05) is 32.9 Å². The number of rotatable bonds is 6. The largest absolute Gasteiger partial charge is 0.472 e. The Labute approximate surface area is 135 Å². The van der Waals surface area contributed by atoms with Gasteiger partial charge >= 0.3 is 5.97 Å². The summed E-state index contributed by atoms with van der Waals surface area (Å²) in [7, 11) is 0. The standard InChI is InChI=1S/C16H20N2O3S/c1-4-12-6-5-7-13(16(19)21-11(2)3)14(12)10-20-15-8-9-18(22)17-15/h5-9,11,22H,4,10H2,1-3H3. The van der Waals surface area contributed by atoms with E-state index in [1.54, 1.807) is 18.3 Å². The first kappa shape index (κ1) is 16.4. The molecule has 0 amide bonds. The van der Waals surface area contributed by atoms with E-state index in [9.17, 15) is 4.79 Å². The molecule has 2 aromatic rings. The van der Waals surface area contributed by atoms with Crippen LogP contribution >= 0.6 is 12.8 Å². The number of nitrogens with zero attached hydrogens (tertiary/aromatic N) is 2. The number of hydrogen-bond acceptors (Lipinski definition) is 5. The van der Waals surface area contributed by atoms with E-state index < -0.39 is 0 Å². The fourth-order valence-corrected chi connectivity index (χ4v) is 2.28. The van der Waals surface area contributed by atoms with Gasteiger partial charge in [0.15, 0.2) is 0 Å². The second-order valence-electron chi connectivity index (χ2n) is 5.11. The van der Waals surface area contributed by atoms with E-state index in [4.69, 9.17) is 9.47 Å². The van der Waals surface area contributed by atoms with Crippen LogP contribution in [-0.4, -0.2) is 21.3 Å². The Morgan fingerprint density at radius 2 is 2.14 bits per heavy atom. The van der Waals surface area contributed by atoms with Crippen molar-refractivity contribution in [2.24, 2.45) is 0 Å². The van der Waals surface area contributed by atoms with Crippen molar-refractivity contribution in [2.75, 3.05) is 0 Å². The molecule has 0 aliphatic carbocycles. The third kappa shape index (κ3) is 4.04. The zero-order valence-corrected chi connectivity index (χ0v) is 13.8. The lowest BCUT2D eigenvalue weighted by Crippen LogP contribution is -2.15. The van der Waals surface area contributed by atoms with E-state index in [0.29, 0.717) is 11.4 Å². The number of aryl methyl sites for hydroxylation is 1. The molecule has 0 aliphatic heterocycles. The van der Waals surface area contributed by atoms with Crippen molar-refractivity contribution in [1.82, 2.24) is 9.19 Å². The van der Waals surface area contributed by atoms with E-state index in [2.05, 4.69) is 17.9 Å². The Morgan fingerprint density at radius 1 is 1.36 bits per heavy atom. The number of ether oxygens (including phenoxy) is 2. The molecule has 1 heterocycles. The van der Waals surface area contributed by atoms with Gasteiger partial charge in [0.1, 0.15) is 6.61 Å². The zero-order valence-electron chi connectivity index (χ0n) is 12.9. The third-order valence-electron chi connectivity index (χ3n) is 3.13. The average Bonchev–Trinajstić information content (AvgIpc) is 2.89. The molecule has 0 fully saturated rings. The van der Waals surface area contributed by atoms with Crippen molar-refractivity contribution < 1.29 is 14.3 Å². The number of carbonyl (C=O) groups is 1. The predicted molar refractivity (Wildman–Crippen MR) is 87.3 cm³/mol. The van der Waals surface area contributed by atoms with Crippen LogP contribution in [0.5, 0.6) is 5.88 Å². The summed E-state index contributed by atoms with van der Waals surface area (Å²) < 4.78 is 12.3. The van der Waals surface area contributed by atoms with Crippen LogP contribution in [-0.2, 0) is 17.8 Å². The predicted octanol–water partition coefficient (Wildman–Crippen LogP) is 3.28. The lowest BCUT2D eigenvalue weighted by molar-refractivity contribution is 0.0374. The molecule has 0 spiro atoms. The summed E-state index contributed by atoms with van der Waals surface area (Å²) in [5.41, 5.74) is 2.44. The van der Waals surface area contributed by atoms with Gasteiger partial charge in [-0.2, -0.15) is 0 Å². The molecule has 1 aromatic carbocycles. The summed E-state index contributed by atoms with van der Waals surface area (Å²) in [5.74, 6) is 0.132. The van der Waals surface area contributed by atoms with Crippen molar-refractivity contribution >= 4 is 18.8 Å². The topological polar surface area (TPSA) is 53.4 Å². The van der Waals surface area contributed by atoms with Gasteiger partial charge in [-0.05, 0) is 44.7 Å². The molecule has 0 atom stereocenters. The van der Waals surface area contributed by atoms with Gasteiger partial charge in [-0.25, -0.2) is 8.88 Å². The van der Waals surface area contributed by atoms with Crippen molar-refractivity contribution in [1.29, 1.82) is 0 Å². The summed E-state index contributed by atoms with van der Waals surface area (Å²) in [6.45, 7) is 5.96. The Balaban J connectivity index is 2.24. The summed E-state index contributed by atoms with van der Waals surface area (Å²) in [5, 5.41) is 4.05. The minimum Gasteiger partial charge on any atom is -0.472 e. The quantitative estimate of drug-likeness (QED) is 0.655. The first-order chi connectivity index (χ1) is 10.5.